The van der Waals surface area contributed by atoms with Crippen LogP contribution in [0.2, 0.25) is 0 Å². The van der Waals surface area contributed by atoms with E-state index in [2.05, 4.69) is 71.8 Å². The summed E-state index contributed by atoms with van der Waals surface area (Å²) >= 11 is 0. The molecule has 0 aliphatic rings. The molecule has 112 valence electrons. The van der Waals surface area contributed by atoms with Crippen molar-refractivity contribution in [1.29, 1.82) is 0 Å². The molecule has 0 aliphatic carbocycles. The third-order valence-corrected chi connectivity index (χ3v) is 3.06. The second-order valence-corrected chi connectivity index (χ2v) is 4.76. The number of benzene rings is 1. The molecule has 0 saturated heterocycles. The number of guanidine groups is 1. The Labute approximate surface area is 123 Å². The molecule has 0 spiro atoms. The molecule has 0 heterocycles. The van der Waals surface area contributed by atoms with Crippen LogP contribution in [0.15, 0.2) is 35.3 Å². The zero-order valence-electron chi connectivity index (χ0n) is 13.0. The van der Waals surface area contributed by atoms with E-state index in [4.69, 9.17) is 0 Å². The molecule has 0 radical (unpaired) electrons. The molecule has 0 unspecified atom stereocenters. The summed E-state index contributed by atoms with van der Waals surface area (Å²) in [7, 11) is 2.14. The molecular weight excluding hydrogens is 248 g/mol. The summed E-state index contributed by atoms with van der Waals surface area (Å²) in [5.41, 5.74) is 1.27. The van der Waals surface area contributed by atoms with Crippen LogP contribution in [-0.2, 0) is 0 Å². The fourth-order valence-corrected chi connectivity index (χ4v) is 1.97. The zero-order chi connectivity index (χ0) is 14.6. The molecule has 20 heavy (non-hydrogen) atoms. The molecule has 0 aliphatic heterocycles. The van der Waals surface area contributed by atoms with Gasteiger partial charge in [-0.15, -0.1) is 0 Å². The SMILES string of the molecule is CCNC(=NCCCCN(C)c1ccccc1)NCC. The second-order valence-electron chi connectivity index (χ2n) is 4.76. The molecule has 2 N–H and O–H groups in total. The number of rotatable bonds is 8. The highest BCUT2D eigenvalue weighted by Gasteiger charge is 1.99. The van der Waals surface area contributed by atoms with Gasteiger partial charge >= 0.3 is 0 Å². The molecule has 0 saturated carbocycles. The highest BCUT2D eigenvalue weighted by molar-refractivity contribution is 5.79. The van der Waals surface area contributed by atoms with Gasteiger partial charge in [0.05, 0.1) is 0 Å². The average molecular weight is 276 g/mol. The first kappa shape index (κ1) is 16.3. The fraction of sp³-hybridized carbons (Fsp3) is 0.562. The van der Waals surface area contributed by atoms with Crippen LogP contribution in [0.4, 0.5) is 5.69 Å². The molecular formula is C16H28N4. The second kappa shape index (κ2) is 10.1. The van der Waals surface area contributed by atoms with Crippen molar-refractivity contribution in [1.82, 2.24) is 10.6 Å². The molecule has 1 rings (SSSR count). The first-order valence-electron chi connectivity index (χ1n) is 7.56. The zero-order valence-corrected chi connectivity index (χ0v) is 13.0. The normalized spacial score (nSPS) is 9.95. The number of para-hydroxylation sites is 1. The molecule has 4 heteroatoms. The minimum absolute atomic E-state index is 0.873. The predicted molar refractivity (Wildman–Crippen MR) is 88.6 cm³/mol. The Bertz CT molecular complexity index is 367. The van der Waals surface area contributed by atoms with E-state index in [9.17, 15) is 0 Å². The average Bonchev–Trinajstić information content (AvgIpc) is 2.48. The van der Waals surface area contributed by atoms with E-state index in [1.807, 2.05) is 0 Å². The summed E-state index contributed by atoms with van der Waals surface area (Å²) in [4.78, 5) is 6.84. The fourth-order valence-electron chi connectivity index (χ4n) is 1.97. The first-order chi connectivity index (χ1) is 9.77. The Balaban J connectivity index is 2.22. The van der Waals surface area contributed by atoms with Gasteiger partial charge < -0.3 is 15.5 Å². The molecule has 0 bridgehead atoms. The van der Waals surface area contributed by atoms with E-state index < -0.39 is 0 Å². The van der Waals surface area contributed by atoms with Crippen LogP contribution < -0.4 is 15.5 Å². The molecule has 4 nitrogen and oxygen atoms in total. The Morgan fingerprint density at radius 2 is 1.70 bits per heavy atom. The number of nitrogens with one attached hydrogen (secondary N) is 2. The van der Waals surface area contributed by atoms with Gasteiger partial charge in [-0.25, -0.2) is 0 Å². The molecule has 0 fully saturated rings. The van der Waals surface area contributed by atoms with Gasteiger partial charge in [-0.05, 0) is 38.8 Å². The third-order valence-electron chi connectivity index (χ3n) is 3.06. The Hall–Kier alpha value is -1.71. The maximum atomic E-state index is 4.55. The number of anilines is 1. The van der Waals surface area contributed by atoms with Gasteiger partial charge in [0, 0.05) is 38.9 Å². The van der Waals surface area contributed by atoms with Crippen LogP contribution in [0.5, 0.6) is 0 Å². The standard InChI is InChI=1S/C16H28N4/c1-4-17-16(18-5-2)19-13-9-10-14-20(3)15-11-7-6-8-12-15/h6-8,11-12H,4-5,9-10,13-14H2,1-3H3,(H2,17,18,19). The summed E-state index contributed by atoms with van der Waals surface area (Å²) in [5.74, 6) is 0.923. The summed E-state index contributed by atoms with van der Waals surface area (Å²) in [5, 5.41) is 6.48. The van der Waals surface area contributed by atoms with Crippen molar-refractivity contribution < 1.29 is 0 Å². The smallest absolute Gasteiger partial charge is 0.191 e. The Morgan fingerprint density at radius 3 is 2.30 bits per heavy atom. The largest absolute Gasteiger partial charge is 0.375 e. The van der Waals surface area contributed by atoms with E-state index in [1.54, 1.807) is 0 Å². The maximum Gasteiger partial charge on any atom is 0.191 e. The van der Waals surface area contributed by atoms with Crippen LogP contribution in [0.1, 0.15) is 26.7 Å². The number of unbranched alkanes of at least 4 members (excludes halogenated alkanes) is 1. The van der Waals surface area contributed by atoms with Crippen LogP contribution in [0.3, 0.4) is 0 Å². The van der Waals surface area contributed by atoms with Crippen molar-refractivity contribution in [3.63, 3.8) is 0 Å². The van der Waals surface area contributed by atoms with Gasteiger partial charge in [0.25, 0.3) is 0 Å². The number of aliphatic imine (C=N–C) groups is 1. The van der Waals surface area contributed by atoms with E-state index in [0.717, 1.165) is 45.0 Å². The lowest BCUT2D eigenvalue weighted by Gasteiger charge is -2.18. The van der Waals surface area contributed by atoms with E-state index in [0.29, 0.717) is 0 Å². The van der Waals surface area contributed by atoms with Gasteiger partial charge in [0.1, 0.15) is 0 Å². The quantitative estimate of drug-likeness (QED) is 0.435. The van der Waals surface area contributed by atoms with Gasteiger partial charge in [0.15, 0.2) is 5.96 Å². The van der Waals surface area contributed by atoms with Gasteiger partial charge in [-0.3, -0.25) is 4.99 Å². The number of hydrogen-bond acceptors (Lipinski definition) is 2. The van der Waals surface area contributed by atoms with Gasteiger partial charge in [0.2, 0.25) is 0 Å². The summed E-state index contributed by atoms with van der Waals surface area (Å²) < 4.78 is 0. The molecule has 0 aromatic heterocycles. The van der Waals surface area contributed by atoms with Crippen molar-refractivity contribution in [2.24, 2.45) is 4.99 Å². The van der Waals surface area contributed by atoms with Crippen molar-refractivity contribution in [2.45, 2.75) is 26.7 Å². The van der Waals surface area contributed by atoms with E-state index >= 15 is 0 Å². The summed E-state index contributed by atoms with van der Waals surface area (Å²) in [6.07, 6.45) is 2.26. The summed E-state index contributed by atoms with van der Waals surface area (Å²) in [6.45, 7) is 7.92. The minimum Gasteiger partial charge on any atom is -0.375 e. The molecule has 0 amide bonds. The van der Waals surface area contributed by atoms with Gasteiger partial charge in [-0.1, -0.05) is 18.2 Å². The van der Waals surface area contributed by atoms with Crippen molar-refractivity contribution in [3.05, 3.63) is 30.3 Å². The highest BCUT2D eigenvalue weighted by atomic mass is 15.2. The number of nitrogens with zero attached hydrogens (tertiary/aromatic N) is 2. The van der Waals surface area contributed by atoms with E-state index in [1.165, 1.54) is 5.69 Å². The highest BCUT2D eigenvalue weighted by Crippen LogP contribution is 2.11. The summed E-state index contributed by atoms with van der Waals surface area (Å²) in [6, 6.07) is 10.5. The lowest BCUT2D eigenvalue weighted by Crippen LogP contribution is -2.37. The maximum absolute atomic E-state index is 4.55. The van der Waals surface area contributed by atoms with Crippen molar-refractivity contribution >= 4 is 11.6 Å². The Morgan fingerprint density at radius 1 is 1.05 bits per heavy atom. The predicted octanol–water partition coefficient (Wildman–Crippen LogP) is 2.48. The third kappa shape index (κ3) is 6.45. The van der Waals surface area contributed by atoms with Crippen LogP contribution in [-0.4, -0.2) is 39.2 Å². The molecule has 0 atom stereocenters. The molecule has 1 aromatic carbocycles. The van der Waals surface area contributed by atoms with Crippen LogP contribution in [0, 0.1) is 0 Å². The van der Waals surface area contributed by atoms with Crippen molar-refractivity contribution in [3.8, 4) is 0 Å². The number of hydrogen-bond donors (Lipinski definition) is 2. The van der Waals surface area contributed by atoms with Crippen LogP contribution in [0.25, 0.3) is 0 Å². The first-order valence-corrected chi connectivity index (χ1v) is 7.56. The van der Waals surface area contributed by atoms with Crippen molar-refractivity contribution in [2.75, 3.05) is 38.1 Å². The lowest BCUT2D eigenvalue weighted by atomic mass is 10.2. The molecule has 1 aromatic rings. The lowest BCUT2D eigenvalue weighted by molar-refractivity contribution is 0.721. The monoisotopic (exact) mass is 276 g/mol. The minimum atomic E-state index is 0.873. The topological polar surface area (TPSA) is 39.7 Å². The van der Waals surface area contributed by atoms with Crippen LogP contribution >= 0.6 is 0 Å². The van der Waals surface area contributed by atoms with E-state index in [-0.39, 0.29) is 0 Å². The van der Waals surface area contributed by atoms with Gasteiger partial charge in [-0.2, -0.15) is 0 Å². The Kier molecular flexibility index (Phi) is 8.27.